The molecular weight excluding hydrogens is 264 g/mol. The molecule has 0 saturated carbocycles. The third kappa shape index (κ3) is 2.68. The van der Waals surface area contributed by atoms with E-state index in [1.54, 1.807) is 0 Å². The van der Waals surface area contributed by atoms with E-state index in [-0.39, 0.29) is 12.4 Å². The molecule has 3 aromatic rings. The largest absolute Gasteiger partial charge is 0.485 e. The van der Waals surface area contributed by atoms with Crippen LogP contribution in [0.2, 0.25) is 0 Å². The lowest BCUT2D eigenvalue weighted by molar-refractivity contribution is 0.0921. The summed E-state index contributed by atoms with van der Waals surface area (Å²) in [5.41, 5.74) is 2.39. The van der Waals surface area contributed by atoms with Gasteiger partial charge in [-0.1, -0.05) is 43.3 Å². The van der Waals surface area contributed by atoms with Crippen LogP contribution in [0.5, 0.6) is 5.75 Å². The second-order valence-corrected chi connectivity index (χ2v) is 4.82. The molecule has 0 N–H and O–H groups in total. The summed E-state index contributed by atoms with van der Waals surface area (Å²) in [7, 11) is 0. The molecule has 3 rings (SSSR count). The van der Waals surface area contributed by atoms with Gasteiger partial charge < -0.3 is 9.15 Å². The molecule has 0 radical (unpaired) electrons. The summed E-state index contributed by atoms with van der Waals surface area (Å²) in [6, 6.07) is 15.3. The van der Waals surface area contributed by atoms with Gasteiger partial charge in [0.2, 0.25) is 5.78 Å². The molecule has 0 fully saturated rings. The number of ketones is 1. The zero-order chi connectivity index (χ0) is 14.7. The van der Waals surface area contributed by atoms with E-state index in [1.807, 2.05) is 48.5 Å². The van der Waals surface area contributed by atoms with E-state index in [0.717, 1.165) is 28.7 Å². The van der Waals surface area contributed by atoms with Crippen LogP contribution in [0, 0.1) is 0 Å². The van der Waals surface area contributed by atoms with E-state index in [4.69, 9.17) is 9.15 Å². The normalized spacial score (nSPS) is 10.7. The molecule has 106 valence electrons. The van der Waals surface area contributed by atoms with Crippen molar-refractivity contribution < 1.29 is 13.9 Å². The Morgan fingerprint density at radius 3 is 2.71 bits per heavy atom. The number of para-hydroxylation sites is 2. The Balaban J connectivity index is 1.78. The Morgan fingerprint density at radius 2 is 1.86 bits per heavy atom. The van der Waals surface area contributed by atoms with Crippen molar-refractivity contribution in [3.05, 3.63) is 65.9 Å². The van der Waals surface area contributed by atoms with Crippen LogP contribution in [0.25, 0.3) is 11.0 Å². The van der Waals surface area contributed by atoms with Crippen LogP contribution >= 0.6 is 0 Å². The highest BCUT2D eigenvalue weighted by molar-refractivity contribution is 6.07. The molecule has 0 atom stereocenters. The van der Waals surface area contributed by atoms with Gasteiger partial charge in [0.05, 0.1) is 5.56 Å². The number of aryl methyl sites for hydroxylation is 1. The minimum atomic E-state index is -0.0779. The first-order valence-corrected chi connectivity index (χ1v) is 6.99. The second-order valence-electron chi connectivity index (χ2n) is 4.82. The maximum atomic E-state index is 12.3. The van der Waals surface area contributed by atoms with Crippen LogP contribution in [0.3, 0.4) is 0 Å². The van der Waals surface area contributed by atoms with E-state index in [2.05, 4.69) is 6.92 Å². The second kappa shape index (κ2) is 5.83. The Labute approximate surface area is 123 Å². The maximum absolute atomic E-state index is 12.3. The van der Waals surface area contributed by atoms with E-state index < -0.39 is 0 Å². The molecule has 21 heavy (non-hydrogen) atoms. The lowest BCUT2D eigenvalue weighted by atomic mass is 10.1. The molecule has 0 saturated heterocycles. The summed E-state index contributed by atoms with van der Waals surface area (Å²) < 4.78 is 11.1. The van der Waals surface area contributed by atoms with Crippen LogP contribution in [-0.2, 0) is 6.42 Å². The number of furan rings is 1. The molecule has 2 aromatic carbocycles. The van der Waals surface area contributed by atoms with Gasteiger partial charge in [-0.2, -0.15) is 0 Å². The zero-order valence-corrected chi connectivity index (χ0v) is 11.8. The summed E-state index contributed by atoms with van der Waals surface area (Å²) in [6.45, 7) is 2.08. The quantitative estimate of drug-likeness (QED) is 0.656. The van der Waals surface area contributed by atoms with Crippen LogP contribution in [0.15, 0.2) is 59.2 Å². The summed E-state index contributed by atoms with van der Waals surface area (Å²) in [6.07, 6.45) is 2.38. The molecule has 0 spiro atoms. The van der Waals surface area contributed by atoms with E-state index in [0.29, 0.717) is 5.56 Å². The maximum Gasteiger partial charge on any atom is 0.204 e. The third-order valence-electron chi connectivity index (χ3n) is 3.49. The summed E-state index contributed by atoms with van der Waals surface area (Å²) in [5, 5.41) is 0.829. The SMILES string of the molecule is CCc1ccccc1OCC(=O)c1coc2ccccc12. The van der Waals surface area contributed by atoms with Gasteiger partial charge >= 0.3 is 0 Å². The number of ether oxygens (including phenoxy) is 1. The van der Waals surface area contributed by atoms with Crippen molar-refractivity contribution in [2.24, 2.45) is 0 Å². The molecule has 0 aliphatic heterocycles. The Kier molecular flexibility index (Phi) is 3.73. The molecule has 0 bridgehead atoms. The van der Waals surface area contributed by atoms with Crippen LogP contribution < -0.4 is 4.74 Å². The van der Waals surface area contributed by atoms with Gasteiger partial charge in [0, 0.05) is 5.39 Å². The van der Waals surface area contributed by atoms with E-state index >= 15 is 0 Å². The van der Waals surface area contributed by atoms with Crippen molar-refractivity contribution in [2.75, 3.05) is 6.61 Å². The minimum absolute atomic E-state index is 0.0144. The first-order chi connectivity index (χ1) is 10.3. The fourth-order valence-corrected chi connectivity index (χ4v) is 2.35. The van der Waals surface area contributed by atoms with Gasteiger partial charge in [0.15, 0.2) is 6.61 Å². The number of hydrogen-bond donors (Lipinski definition) is 0. The number of Topliss-reactive ketones (excluding diaryl/α,β-unsaturated/α-hetero) is 1. The molecule has 0 aliphatic rings. The predicted molar refractivity (Wildman–Crippen MR) is 81.9 cm³/mol. The zero-order valence-electron chi connectivity index (χ0n) is 11.8. The molecule has 1 aromatic heterocycles. The van der Waals surface area contributed by atoms with Gasteiger partial charge in [-0.25, -0.2) is 0 Å². The number of fused-ring (bicyclic) bond motifs is 1. The van der Waals surface area contributed by atoms with Crippen molar-refractivity contribution in [3.63, 3.8) is 0 Å². The summed E-state index contributed by atoms with van der Waals surface area (Å²) >= 11 is 0. The first kappa shape index (κ1) is 13.4. The van der Waals surface area contributed by atoms with Crippen molar-refractivity contribution in [3.8, 4) is 5.75 Å². The number of carbonyl (C=O) groups excluding carboxylic acids is 1. The van der Waals surface area contributed by atoms with E-state index in [1.165, 1.54) is 6.26 Å². The fourth-order valence-electron chi connectivity index (χ4n) is 2.35. The topological polar surface area (TPSA) is 39.4 Å². The molecule has 0 amide bonds. The van der Waals surface area contributed by atoms with Crippen molar-refractivity contribution in [1.29, 1.82) is 0 Å². The Hall–Kier alpha value is -2.55. The molecule has 3 heteroatoms. The molecule has 0 aliphatic carbocycles. The van der Waals surface area contributed by atoms with Gasteiger partial charge in [-0.3, -0.25) is 4.79 Å². The average molecular weight is 280 g/mol. The average Bonchev–Trinajstić information content (AvgIpc) is 2.97. The smallest absolute Gasteiger partial charge is 0.204 e. The third-order valence-corrected chi connectivity index (χ3v) is 3.49. The molecular formula is C18H16O3. The van der Waals surface area contributed by atoms with Gasteiger partial charge in [0.1, 0.15) is 17.6 Å². The Bertz CT molecular complexity index is 771. The molecule has 3 nitrogen and oxygen atoms in total. The van der Waals surface area contributed by atoms with Crippen molar-refractivity contribution >= 4 is 16.8 Å². The molecule has 1 heterocycles. The van der Waals surface area contributed by atoms with Gasteiger partial charge in [-0.05, 0) is 24.1 Å². The van der Waals surface area contributed by atoms with Crippen molar-refractivity contribution in [1.82, 2.24) is 0 Å². The monoisotopic (exact) mass is 280 g/mol. The number of hydrogen-bond acceptors (Lipinski definition) is 3. The van der Waals surface area contributed by atoms with Crippen LogP contribution in [0.4, 0.5) is 0 Å². The predicted octanol–water partition coefficient (Wildman–Crippen LogP) is 4.26. The van der Waals surface area contributed by atoms with Crippen LogP contribution in [0.1, 0.15) is 22.8 Å². The van der Waals surface area contributed by atoms with Gasteiger partial charge in [0.25, 0.3) is 0 Å². The number of benzene rings is 2. The lowest BCUT2D eigenvalue weighted by Crippen LogP contribution is -2.11. The summed E-state index contributed by atoms with van der Waals surface area (Å²) in [5.74, 6) is 0.687. The first-order valence-electron chi connectivity index (χ1n) is 6.99. The number of rotatable bonds is 5. The summed E-state index contributed by atoms with van der Waals surface area (Å²) in [4.78, 5) is 12.3. The highest BCUT2D eigenvalue weighted by Crippen LogP contribution is 2.22. The van der Waals surface area contributed by atoms with Crippen LogP contribution in [-0.4, -0.2) is 12.4 Å². The Morgan fingerprint density at radius 1 is 1.10 bits per heavy atom. The lowest BCUT2D eigenvalue weighted by Gasteiger charge is -2.09. The number of carbonyl (C=O) groups is 1. The van der Waals surface area contributed by atoms with Crippen molar-refractivity contribution in [2.45, 2.75) is 13.3 Å². The minimum Gasteiger partial charge on any atom is -0.485 e. The fraction of sp³-hybridized carbons (Fsp3) is 0.167. The van der Waals surface area contributed by atoms with E-state index in [9.17, 15) is 4.79 Å². The highest BCUT2D eigenvalue weighted by Gasteiger charge is 2.14. The standard InChI is InChI=1S/C18H16O3/c1-2-13-7-3-5-9-17(13)21-12-16(19)15-11-20-18-10-6-4-8-14(15)18/h3-11H,2,12H2,1H3. The van der Waals surface area contributed by atoms with Gasteiger partial charge in [-0.15, -0.1) is 0 Å². The molecule has 0 unspecified atom stereocenters. The highest BCUT2D eigenvalue weighted by atomic mass is 16.5.